The van der Waals surface area contributed by atoms with E-state index in [1.165, 1.54) is 12.5 Å². The number of hydrogen-bond donors (Lipinski definition) is 0. The number of sulfone groups is 1. The Morgan fingerprint density at radius 1 is 1.39 bits per heavy atom. The second-order valence-corrected chi connectivity index (χ2v) is 9.18. The van der Waals surface area contributed by atoms with Crippen LogP contribution >= 0.6 is 23.1 Å². The van der Waals surface area contributed by atoms with Crippen LogP contribution in [0.15, 0.2) is 15.7 Å². The average Bonchev–Trinajstić information content (AvgIpc) is 3.07. The van der Waals surface area contributed by atoms with Crippen LogP contribution in [0.5, 0.6) is 0 Å². The maximum atomic E-state index is 11.0. The molecule has 0 spiro atoms. The van der Waals surface area contributed by atoms with Crippen molar-refractivity contribution in [3.63, 3.8) is 0 Å². The zero-order chi connectivity index (χ0) is 16.9. The molecule has 0 unspecified atom stereocenters. The molecule has 0 saturated heterocycles. The third-order valence-corrected chi connectivity index (χ3v) is 5.74. The van der Waals surface area contributed by atoms with Gasteiger partial charge in [0.2, 0.25) is 5.16 Å². The van der Waals surface area contributed by atoms with E-state index in [0.29, 0.717) is 22.5 Å². The molecular weight excluding hydrogens is 364 g/mol. The molecule has 0 aliphatic heterocycles. The highest BCUT2D eigenvalue weighted by Gasteiger charge is 2.15. The van der Waals surface area contributed by atoms with Crippen molar-refractivity contribution in [1.29, 1.82) is 0 Å². The van der Waals surface area contributed by atoms with Crippen molar-refractivity contribution in [2.75, 3.05) is 12.0 Å². The number of unbranched alkanes of at least 4 members (excludes halogenated alkanes) is 2. The number of hydrogen-bond acceptors (Lipinski definition) is 10. The smallest absolute Gasteiger partial charge is 0.257 e. The summed E-state index contributed by atoms with van der Waals surface area (Å²) in [6, 6.07) is 0. The van der Waals surface area contributed by atoms with Crippen LogP contribution in [-0.2, 0) is 16.4 Å². The van der Waals surface area contributed by atoms with Crippen molar-refractivity contribution in [2.24, 2.45) is 0 Å². The fourth-order valence-corrected chi connectivity index (χ4v) is 4.08. The Balaban J connectivity index is 1.85. The molecule has 0 N–H and O–H groups in total. The molecule has 0 aliphatic carbocycles. The summed E-state index contributed by atoms with van der Waals surface area (Å²) in [6.07, 6.45) is 4.51. The molecule has 2 heterocycles. The minimum Gasteiger partial charge on any atom is -0.257 e. The van der Waals surface area contributed by atoms with E-state index < -0.39 is 14.8 Å². The van der Waals surface area contributed by atoms with Gasteiger partial charge in [0.1, 0.15) is 16.0 Å². The lowest BCUT2D eigenvalue weighted by Gasteiger charge is -2.03. The Hall–Kier alpha value is -1.60. The van der Waals surface area contributed by atoms with Crippen LogP contribution < -0.4 is 0 Å². The van der Waals surface area contributed by atoms with Gasteiger partial charge in [0, 0.05) is 18.6 Å². The van der Waals surface area contributed by atoms with Crippen LogP contribution in [0, 0.1) is 10.1 Å². The molecule has 0 bridgehead atoms. The quantitative estimate of drug-likeness (QED) is 0.360. The maximum absolute atomic E-state index is 11.0. The predicted octanol–water partition coefficient (Wildman–Crippen LogP) is 1.40. The zero-order valence-electron chi connectivity index (χ0n) is 12.2. The molecule has 10 nitrogen and oxygen atoms in total. The van der Waals surface area contributed by atoms with E-state index in [-0.39, 0.29) is 10.8 Å². The number of nitrogens with zero attached hydrogens (tertiary/aromatic N) is 6. The van der Waals surface area contributed by atoms with Gasteiger partial charge in [0.05, 0.1) is 4.92 Å². The van der Waals surface area contributed by atoms with Crippen molar-refractivity contribution < 1.29 is 13.3 Å². The number of aromatic nitrogens is 5. The van der Waals surface area contributed by atoms with Crippen LogP contribution in [0.1, 0.15) is 19.3 Å². The molecule has 0 radical (unpaired) electrons. The number of tetrazole rings is 1. The first-order chi connectivity index (χ1) is 10.8. The number of nitro groups is 1. The lowest BCUT2D eigenvalue weighted by atomic mass is 10.2. The minimum absolute atomic E-state index is 0.0349. The molecule has 13 heteroatoms. The summed E-state index contributed by atoms with van der Waals surface area (Å²) < 4.78 is 24.1. The van der Waals surface area contributed by atoms with Crippen LogP contribution in [-0.4, -0.2) is 50.5 Å². The Morgan fingerprint density at radius 3 is 2.83 bits per heavy atom. The van der Waals surface area contributed by atoms with Gasteiger partial charge >= 0.3 is 5.00 Å². The first-order valence-electron chi connectivity index (χ1n) is 6.57. The van der Waals surface area contributed by atoms with E-state index in [0.717, 1.165) is 35.9 Å². The second kappa shape index (κ2) is 7.79. The molecular formula is C10H14N6O4S3. The lowest BCUT2D eigenvalue weighted by molar-refractivity contribution is -0.380. The molecule has 2 aromatic rings. The third-order valence-electron chi connectivity index (χ3n) is 2.71. The third kappa shape index (κ3) is 5.84. The molecule has 0 fully saturated rings. The molecule has 23 heavy (non-hydrogen) atoms. The molecule has 0 saturated carbocycles. The zero-order valence-corrected chi connectivity index (χ0v) is 14.6. The molecule has 0 aromatic carbocycles. The topological polar surface area (TPSA) is 134 Å². The van der Waals surface area contributed by atoms with E-state index in [9.17, 15) is 18.5 Å². The standard InChI is InChI=1S/C10H14N6O4S3/c1-23(19,20)6-4-2-3-5-15-9(12-13-14-15)22-10-11-7-8(21-10)16(17)18/h7H,2-6H2,1H3. The Labute approximate surface area is 140 Å². The monoisotopic (exact) mass is 378 g/mol. The van der Waals surface area contributed by atoms with Crippen LogP contribution in [0.2, 0.25) is 0 Å². The van der Waals surface area contributed by atoms with Gasteiger partial charge in [-0.1, -0.05) is 6.42 Å². The largest absolute Gasteiger partial charge is 0.344 e. The van der Waals surface area contributed by atoms with Crippen molar-refractivity contribution in [2.45, 2.75) is 35.3 Å². The van der Waals surface area contributed by atoms with E-state index in [1.54, 1.807) is 4.68 Å². The molecule has 0 amide bonds. The van der Waals surface area contributed by atoms with Gasteiger partial charge in [-0.15, -0.1) is 5.10 Å². The summed E-state index contributed by atoms with van der Waals surface area (Å²) in [4.78, 5) is 14.1. The first kappa shape index (κ1) is 17.7. The molecule has 2 rings (SSSR count). The summed E-state index contributed by atoms with van der Waals surface area (Å²) in [5.41, 5.74) is 0. The highest BCUT2D eigenvalue weighted by molar-refractivity contribution is 8.00. The highest BCUT2D eigenvalue weighted by atomic mass is 32.2. The van der Waals surface area contributed by atoms with Gasteiger partial charge in [0.15, 0.2) is 4.34 Å². The van der Waals surface area contributed by atoms with Gasteiger partial charge in [0.25, 0.3) is 0 Å². The summed E-state index contributed by atoms with van der Waals surface area (Å²) in [6.45, 7) is 0.548. The Kier molecular flexibility index (Phi) is 6.01. The normalized spacial score (nSPS) is 11.7. The van der Waals surface area contributed by atoms with Crippen molar-refractivity contribution >= 4 is 37.9 Å². The predicted molar refractivity (Wildman–Crippen MR) is 84.3 cm³/mol. The lowest BCUT2D eigenvalue weighted by Crippen LogP contribution is -2.05. The van der Waals surface area contributed by atoms with E-state index in [4.69, 9.17) is 0 Å². The molecule has 126 valence electrons. The summed E-state index contributed by atoms with van der Waals surface area (Å²) >= 11 is 2.12. The van der Waals surface area contributed by atoms with Crippen molar-refractivity contribution in [3.05, 3.63) is 16.3 Å². The molecule has 2 aromatic heterocycles. The number of aryl methyl sites for hydroxylation is 1. The SMILES string of the molecule is CS(=O)(=O)CCCCCn1nnnc1Sc1ncc([N+](=O)[O-])s1. The molecule has 0 atom stereocenters. The average molecular weight is 378 g/mol. The van der Waals surface area contributed by atoms with Gasteiger partial charge in [-0.2, -0.15) is 0 Å². The second-order valence-electron chi connectivity index (χ2n) is 4.70. The van der Waals surface area contributed by atoms with Crippen LogP contribution in [0.3, 0.4) is 0 Å². The molecule has 0 aliphatic rings. The summed E-state index contributed by atoms with van der Waals surface area (Å²) in [5.74, 6) is 0.174. The minimum atomic E-state index is -2.93. The number of rotatable bonds is 9. The van der Waals surface area contributed by atoms with E-state index in [2.05, 4.69) is 20.5 Å². The van der Waals surface area contributed by atoms with E-state index >= 15 is 0 Å². The van der Waals surface area contributed by atoms with Gasteiger partial charge in [-0.3, -0.25) is 10.1 Å². The van der Waals surface area contributed by atoms with Crippen LogP contribution in [0.4, 0.5) is 5.00 Å². The fraction of sp³-hybridized carbons (Fsp3) is 0.600. The van der Waals surface area contributed by atoms with Crippen molar-refractivity contribution in [3.8, 4) is 0 Å². The Morgan fingerprint density at radius 2 is 2.17 bits per heavy atom. The fourth-order valence-electron chi connectivity index (χ4n) is 1.67. The van der Waals surface area contributed by atoms with Gasteiger partial charge in [-0.05, 0) is 46.4 Å². The van der Waals surface area contributed by atoms with E-state index in [1.807, 2.05) is 0 Å². The van der Waals surface area contributed by atoms with Gasteiger partial charge < -0.3 is 0 Å². The summed E-state index contributed by atoms with van der Waals surface area (Å²) in [5, 5.41) is 22.4. The van der Waals surface area contributed by atoms with Crippen molar-refractivity contribution in [1.82, 2.24) is 25.2 Å². The first-order valence-corrected chi connectivity index (χ1v) is 10.3. The van der Waals surface area contributed by atoms with Gasteiger partial charge in [-0.25, -0.2) is 18.1 Å². The Bertz CT molecular complexity index is 771. The van der Waals surface area contributed by atoms with Crippen LogP contribution in [0.25, 0.3) is 0 Å². The highest BCUT2D eigenvalue weighted by Crippen LogP contribution is 2.32. The summed E-state index contributed by atoms with van der Waals surface area (Å²) in [7, 11) is -2.93. The maximum Gasteiger partial charge on any atom is 0.344 e. The number of thiazole rings is 1.